The zero-order valence-corrected chi connectivity index (χ0v) is 16.2. The molecule has 0 aliphatic heterocycles. The fourth-order valence-corrected chi connectivity index (χ4v) is 3.49. The maximum absolute atomic E-state index is 12.5. The Labute approximate surface area is 166 Å². The molecule has 0 saturated heterocycles. The van der Waals surface area contributed by atoms with Crippen molar-refractivity contribution in [2.24, 2.45) is 5.92 Å². The van der Waals surface area contributed by atoms with Crippen LogP contribution < -0.4 is 10.1 Å². The normalized spacial score (nSPS) is 19.5. The minimum absolute atomic E-state index is 0.135. The van der Waals surface area contributed by atoms with Crippen molar-refractivity contribution in [2.45, 2.75) is 45.3 Å². The molecule has 1 saturated carbocycles. The van der Waals surface area contributed by atoms with Crippen molar-refractivity contribution in [1.29, 1.82) is 5.26 Å². The summed E-state index contributed by atoms with van der Waals surface area (Å²) in [7, 11) is 0. The van der Waals surface area contributed by atoms with Gasteiger partial charge in [-0.2, -0.15) is 5.26 Å². The summed E-state index contributed by atoms with van der Waals surface area (Å²) < 4.78 is 5.77. The van der Waals surface area contributed by atoms with Crippen LogP contribution in [-0.2, 0) is 11.4 Å². The number of nitrogens with one attached hydrogen (secondary N) is 1. The molecule has 0 aromatic heterocycles. The van der Waals surface area contributed by atoms with Crippen LogP contribution in [0.4, 0.5) is 0 Å². The summed E-state index contributed by atoms with van der Waals surface area (Å²) in [5, 5.41) is 12.4. The number of hydrogen-bond acceptors (Lipinski definition) is 3. The Kier molecular flexibility index (Phi) is 6.86. The van der Waals surface area contributed by atoms with Crippen LogP contribution in [0.3, 0.4) is 0 Å². The van der Waals surface area contributed by atoms with E-state index in [0.717, 1.165) is 36.1 Å². The highest BCUT2D eigenvalue weighted by Gasteiger charge is 2.24. The number of nitrogens with zero attached hydrogens (tertiary/aromatic N) is 1. The molecule has 1 aliphatic carbocycles. The van der Waals surface area contributed by atoms with E-state index < -0.39 is 0 Å². The van der Waals surface area contributed by atoms with Crippen molar-refractivity contribution in [3.8, 4) is 11.8 Å². The number of amides is 1. The highest BCUT2D eigenvalue weighted by atomic mass is 16.5. The highest BCUT2D eigenvalue weighted by molar-refractivity contribution is 6.01. The smallest absolute Gasteiger partial charge is 0.262 e. The highest BCUT2D eigenvalue weighted by Crippen LogP contribution is 2.24. The van der Waals surface area contributed by atoms with Crippen molar-refractivity contribution < 1.29 is 9.53 Å². The second-order valence-electron chi connectivity index (χ2n) is 7.35. The average molecular weight is 374 g/mol. The molecule has 2 aromatic rings. The first kappa shape index (κ1) is 19.7. The van der Waals surface area contributed by atoms with Gasteiger partial charge in [0.2, 0.25) is 0 Å². The summed E-state index contributed by atoms with van der Waals surface area (Å²) in [6, 6.07) is 19.6. The van der Waals surface area contributed by atoms with E-state index in [1.165, 1.54) is 6.42 Å². The Hall–Kier alpha value is -3.06. The van der Waals surface area contributed by atoms with Gasteiger partial charge >= 0.3 is 0 Å². The van der Waals surface area contributed by atoms with E-state index in [0.29, 0.717) is 12.5 Å². The van der Waals surface area contributed by atoms with E-state index in [9.17, 15) is 10.1 Å². The Bertz CT molecular complexity index is 850. The summed E-state index contributed by atoms with van der Waals surface area (Å²) in [6.45, 7) is 2.66. The molecule has 1 fully saturated rings. The third-order valence-corrected chi connectivity index (χ3v) is 5.23. The third kappa shape index (κ3) is 5.47. The molecule has 2 atom stereocenters. The van der Waals surface area contributed by atoms with Crippen LogP contribution in [0.1, 0.15) is 43.7 Å². The molecule has 4 heteroatoms. The van der Waals surface area contributed by atoms with E-state index in [-0.39, 0.29) is 17.5 Å². The topological polar surface area (TPSA) is 62.1 Å². The predicted octanol–water partition coefficient (Wildman–Crippen LogP) is 4.87. The molecule has 1 amide bonds. The Morgan fingerprint density at radius 2 is 1.86 bits per heavy atom. The fraction of sp³-hybridized carbons (Fsp3) is 0.333. The van der Waals surface area contributed by atoms with Crippen molar-refractivity contribution in [1.82, 2.24) is 5.32 Å². The zero-order valence-electron chi connectivity index (χ0n) is 16.2. The summed E-state index contributed by atoms with van der Waals surface area (Å²) in [5.74, 6) is 0.921. The number of ether oxygens (including phenoxy) is 1. The number of rotatable bonds is 6. The van der Waals surface area contributed by atoms with Gasteiger partial charge in [-0.05, 0) is 48.1 Å². The van der Waals surface area contributed by atoms with Gasteiger partial charge in [0.1, 0.15) is 24.0 Å². The van der Waals surface area contributed by atoms with Crippen molar-refractivity contribution in [3.05, 3.63) is 71.3 Å². The Morgan fingerprint density at radius 1 is 1.14 bits per heavy atom. The first-order valence-corrected chi connectivity index (χ1v) is 9.85. The van der Waals surface area contributed by atoms with Gasteiger partial charge in [0, 0.05) is 6.04 Å². The lowest BCUT2D eigenvalue weighted by atomic mass is 9.86. The Balaban J connectivity index is 1.60. The molecule has 1 N–H and O–H groups in total. The monoisotopic (exact) mass is 374 g/mol. The maximum atomic E-state index is 12.5. The van der Waals surface area contributed by atoms with E-state index in [2.05, 4.69) is 12.2 Å². The van der Waals surface area contributed by atoms with Gasteiger partial charge in [-0.15, -0.1) is 0 Å². The molecule has 0 bridgehead atoms. The lowest BCUT2D eigenvalue weighted by Gasteiger charge is -2.29. The van der Waals surface area contributed by atoms with Crippen molar-refractivity contribution >= 4 is 12.0 Å². The van der Waals surface area contributed by atoms with Crippen LogP contribution in [0.25, 0.3) is 6.08 Å². The number of hydrogen-bond donors (Lipinski definition) is 1. The summed E-state index contributed by atoms with van der Waals surface area (Å²) in [5.41, 5.74) is 2.04. The first-order valence-electron chi connectivity index (χ1n) is 9.85. The molecule has 0 heterocycles. The molecule has 0 unspecified atom stereocenters. The van der Waals surface area contributed by atoms with Crippen LogP contribution >= 0.6 is 0 Å². The summed E-state index contributed by atoms with van der Waals surface area (Å²) >= 11 is 0. The van der Waals surface area contributed by atoms with Crippen LogP contribution in [0.2, 0.25) is 0 Å². The molecule has 0 radical (unpaired) electrons. The molecule has 0 spiro atoms. The molecule has 3 rings (SSSR count). The first-order chi connectivity index (χ1) is 13.7. The molecular weight excluding hydrogens is 348 g/mol. The van der Waals surface area contributed by atoms with E-state index in [4.69, 9.17) is 4.74 Å². The SMILES string of the molecule is C[C@@H]1CCCC[C@H]1NC(=O)/C(C#N)=C/c1ccc(OCc2ccccc2)cc1. The van der Waals surface area contributed by atoms with Crippen molar-refractivity contribution in [3.63, 3.8) is 0 Å². The van der Waals surface area contributed by atoms with Gasteiger partial charge in [0.15, 0.2) is 0 Å². The summed E-state index contributed by atoms with van der Waals surface area (Å²) in [4.78, 5) is 12.5. The second-order valence-corrected chi connectivity index (χ2v) is 7.35. The van der Waals surface area contributed by atoms with E-state index in [1.807, 2.05) is 60.7 Å². The van der Waals surface area contributed by atoms with Gasteiger partial charge in [-0.3, -0.25) is 4.79 Å². The maximum Gasteiger partial charge on any atom is 0.262 e. The molecular formula is C24H26N2O2. The molecule has 2 aromatic carbocycles. The van der Waals surface area contributed by atoms with Crippen LogP contribution in [0, 0.1) is 17.2 Å². The standard InChI is InChI=1S/C24H26N2O2/c1-18-7-5-6-10-23(18)26-24(27)21(16-25)15-19-11-13-22(14-12-19)28-17-20-8-3-2-4-9-20/h2-4,8-9,11-15,18,23H,5-7,10,17H2,1H3,(H,26,27)/b21-15+/t18-,23-/m1/s1. The third-order valence-electron chi connectivity index (χ3n) is 5.23. The molecule has 4 nitrogen and oxygen atoms in total. The zero-order chi connectivity index (χ0) is 19.8. The van der Waals surface area contributed by atoms with Crippen molar-refractivity contribution in [2.75, 3.05) is 0 Å². The minimum Gasteiger partial charge on any atom is -0.489 e. The predicted molar refractivity (Wildman–Crippen MR) is 110 cm³/mol. The van der Waals surface area contributed by atoms with E-state index in [1.54, 1.807) is 6.08 Å². The number of carbonyl (C=O) groups excluding carboxylic acids is 1. The molecule has 1 aliphatic rings. The van der Waals surface area contributed by atoms with Crippen LogP contribution in [0.5, 0.6) is 5.75 Å². The number of nitriles is 1. The second kappa shape index (κ2) is 9.75. The Morgan fingerprint density at radius 3 is 2.54 bits per heavy atom. The van der Waals surface area contributed by atoms with Gasteiger partial charge in [-0.25, -0.2) is 0 Å². The number of benzene rings is 2. The largest absolute Gasteiger partial charge is 0.489 e. The fourth-order valence-electron chi connectivity index (χ4n) is 3.49. The van der Waals surface area contributed by atoms with Gasteiger partial charge in [0.05, 0.1) is 0 Å². The summed E-state index contributed by atoms with van der Waals surface area (Å²) in [6.07, 6.45) is 6.09. The lowest BCUT2D eigenvalue weighted by Crippen LogP contribution is -2.41. The van der Waals surface area contributed by atoms with Gasteiger partial charge in [-0.1, -0.05) is 62.2 Å². The lowest BCUT2D eigenvalue weighted by molar-refractivity contribution is -0.118. The average Bonchev–Trinajstić information content (AvgIpc) is 2.73. The quantitative estimate of drug-likeness (QED) is 0.580. The van der Waals surface area contributed by atoms with Crippen LogP contribution in [0.15, 0.2) is 60.2 Å². The van der Waals surface area contributed by atoms with Gasteiger partial charge < -0.3 is 10.1 Å². The van der Waals surface area contributed by atoms with Gasteiger partial charge in [0.25, 0.3) is 5.91 Å². The minimum atomic E-state index is -0.286. The van der Waals surface area contributed by atoms with Crippen LogP contribution in [-0.4, -0.2) is 11.9 Å². The molecule has 144 valence electrons. The molecule has 28 heavy (non-hydrogen) atoms. The van der Waals surface area contributed by atoms with E-state index >= 15 is 0 Å². The number of carbonyl (C=O) groups is 1.